The van der Waals surface area contributed by atoms with Crippen molar-refractivity contribution in [2.75, 3.05) is 14.2 Å². The summed E-state index contributed by atoms with van der Waals surface area (Å²) in [7, 11) is 2.96. The Morgan fingerprint density at radius 1 is 0.944 bits per heavy atom. The van der Waals surface area contributed by atoms with Gasteiger partial charge in [0, 0.05) is 12.1 Å². The first kappa shape index (κ1) is 24.8. The second kappa shape index (κ2) is 10.1. The zero-order valence-electron chi connectivity index (χ0n) is 19.4. The summed E-state index contributed by atoms with van der Waals surface area (Å²) in [5, 5.41) is 20.6. The Labute approximate surface area is 211 Å². The van der Waals surface area contributed by atoms with Gasteiger partial charge in [0.05, 0.1) is 36.4 Å². The minimum Gasteiger partial charge on any atom is -0.507 e. The maximum Gasteiger partial charge on any atom is 0.335 e. The van der Waals surface area contributed by atoms with Crippen molar-refractivity contribution in [3.63, 3.8) is 0 Å². The molecular formula is C27H22ClNO7. The molecule has 9 heteroatoms. The molecule has 0 aromatic heterocycles. The van der Waals surface area contributed by atoms with Gasteiger partial charge in [-0.1, -0.05) is 35.9 Å². The standard InChI is InChI=1S/C27H22ClNO7/c1-35-19-5-3-4-17(12-19)23-22(24(30)18-10-11-21(36-2)20(28)13-18)25(31)26(32)29(23)14-15-6-8-16(9-7-15)27(33)34/h3-13,23,30H,14H2,1-2H3,(H,33,34)/b24-22-. The van der Waals surface area contributed by atoms with E-state index in [1.54, 1.807) is 48.5 Å². The van der Waals surface area contributed by atoms with Crippen LogP contribution >= 0.6 is 11.6 Å². The van der Waals surface area contributed by atoms with Crippen LogP contribution in [0.15, 0.2) is 72.3 Å². The first-order valence-electron chi connectivity index (χ1n) is 10.8. The van der Waals surface area contributed by atoms with Crippen molar-refractivity contribution in [1.29, 1.82) is 0 Å². The molecule has 1 heterocycles. The molecule has 0 saturated carbocycles. The fraction of sp³-hybridized carbons (Fsp3) is 0.148. The van der Waals surface area contributed by atoms with E-state index in [1.807, 2.05) is 0 Å². The lowest BCUT2D eigenvalue weighted by Gasteiger charge is -2.26. The van der Waals surface area contributed by atoms with E-state index in [0.717, 1.165) is 0 Å². The van der Waals surface area contributed by atoms with Crippen LogP contribution in [0.1, 0.15) is 33.1 Å². The summed E-state index contributed by atoms with van der Waals surface area (Å²) < 4.78 is 10.5. The number of carbonyl (C=O) groups excluding carboxylic acids is 2. The second-order valence-corrected chi connectivity index (χ2v) is 8.46. The molecule has 8 nitrogen and oxygen atoms in total. The van der Waals surface area contributed by atoms with Crippen LogP contribution in [0.4, 0.5) is 0 Å². The zero-order chi connectivity index (χ0) is 26.0. The first-order chi connectivity index (χ1) is 17.2. The summed E-state index contributed by atoms with van der Waals surface area (Å²) in [6.07, 6.45) is 0. The Hall–Kier alpha value is -4.30. The van der Waals surface area contributed by atoms with Gasteiger partial charge in [-0.05, 0) is 53.6 Å². The minimum atomic E-state index is -1.07. The number of likely N-dealkylation sites (tertiary alicyclic amines) is 1. The summed E-state index contributed by atoms with van der Waals surface area (Å²) >= 11 is 6.23. The molecule has 184 valence electrons. The van der Waals surface area contributed by atoms with Crippen LogP contribution in [0, 0.1) is 0 Å². The number of amides is 1. The maximum absolute atomic E-state index is 13.2. The summed E-state index contributed by atoms with van der Waals surface area (Å²) in [4.78, 5) is 39.0. The normalized spacial score (nSPS) is 16.8. The van der Waals surface area contributed by atoms with E-state index in [1.165, 1.54) is 37.3 Å². The number of rotatable bonds is 7. The number of carboxylic acid groups (broad SMARTS) is 1. The van der Waals surface area contributed by atoms with Crippen LogP contribution in [0.25, 0.3) is 5.76 Å². The molecule has 3 aromatic rings. The number of Topliss-reactive ketones (excluding diaryl/α,β-unsaturated/α-hetero) is 1. The van der Waals surface area contributed by atoms with E-state index in [9.17, 15) is 19.5 Å². The number of halogens is 1. The number of benzene rings is 3. The van der Waals surface area contributed by atoms with Gasteiger partial charge in [-0.3, -0.25) is 9.59 Å². The Bertz CT molecular complexity index is 1380. The maximum atomic E-state index is 13.2. The summed E-state index contributed by atoms with van der Waals surface area (Å²) in [6, 6.07) is 16.5. The highest BCUT2D eigenvalue weighted by atomic mass is 35.5. The molecule has 3 aromatic carbocycles. The first-order valence-corrected chi connectivity index (χ1v) is 11.2. The Kier molecular flexibility index (Phi) is 6.98. The molecule has 0 spiro atoms. The van der Waals surface area contributed by atoms with Crippen LogP contribution in [0.3, 0.4) is 0 Å². The van der Waals surface area contributed by atoms with Crippen LogP contribution in [0.5, 0.6) is 11.5 Å². The third kappa shape index (κ3) is 4.63. The average Bonchev–Trinajstić information content (AvgIpc) is 3.13. The SMILES string of the molecule is COc1cccc(C2/C(=C(/O)c3ccc(OC)c(Cl)c3)C(=O)C(=O)N2Cc2ccc(C(=O)O)cc2)c1. The topological polar surface area (TPSA) is 113 Å². The zero-order valence-corrected chi connectivity index (χ0v) is 20.2. The van der Waals surface area contributed by atoms with E-state index < -0.39 is 23.7 Å². The van der Waals surface area contributed by atoms with Crippen molar-refractivity contribution < 1.29 is 34.1 Å². The molecule has 1 amide bonds. The lowest BCUT2D eigenvalue weighted by molar-refractivity contribution is -0.140. The molecule has 2 N–H and O–H groups in total. The summed E-state index contributed by atoms with van der Waals surface area (Å²) in [5.41, 5.74) is 1.41. The monoisotopic (exact) mass is 507 g/mol. The molecule has 4 rings (SSSR count). The number of methoxy groups -OCH3 is 2. The second-order valence-electron chi connectivity index (χ2n) is 8.06. The van der Waals surface area contributed by atoms with Crippen molar-refractivity contribution in [2.24, 2.45) is 0 Å². The number of hydrogen-bond donors (Lipinski definition) is 2. The fourth-order valence-electron chi connectivity index (χ4n) is 4.12. The van der Waals surface area contributed by atoms with Gasteiger partial charge in [0.15, 0.2) is 0 Å². The molecule has 1 aliphatic heterocycles. The highest BCUT2D eigenvalue weighted by molar-refractivity contribution is 6.46. The van der Waals surface area contributed by atoms with Crippen LogP contribution in [-0.2, 0) is 16.1 Å². The lowest BCUT2D eigenvalue weighted by atomic mass is 9.95. The molecule has 0 aliphatic carbocycles. The predicted molar refractivity (Wildman–Crippen MR) is 132 cm³/mol. The van der Waals surface area contributed by atoms with Gasteiger partial charge in [-0.2, -0.15) is 0 Å². The van der Waals surface area contributed by atoms with Gasteiger partial charge in [0.1, 0.15) is 17.3 Å². The number of hydrogen-bond acceptors (Lipinski definition) is 6. The molecule has 0 radical (unpaired) electrons. The van der Waals surface area contributed by atoms with Gasteiger partial charge in [0.25, 0.3) is 11.7 Å². The summed E-state index contributed by atoms with van der Waals surface area (Å²) in [5.74, 6) is -2.20. The molecule has 0 bridgehead atoms. The lowest BCUT2D eigenvalue weighted by Crippen LogP contribution is -2.29. The largest absolute Gasteiger partial charge is 0.507 e. The average molecular weight is 508 g/mol. The van der Waals surface area contributed by atoms with Gasteiger partial charge in [-0.25, -0.2) is 4.79 Å². The van der Waals surface area contributed by atoms with Gasteiger partial charge < -0.3 is 24.6 Å². The number of aliphatic hydroxyl groups excluding tert-OH is 1. The van der Waals surface area contributed by atoms with Crippen molar-refractivity contribution in [3.8, 4) is 11.5 Å². The number of aliphatic hydroxyl groups is 1. The van der Waals surface area contributed by atoms with Crippen LogP contribution < -0.4 is 9.47 Å². The van der Waals surface area contributed by atoms with Crippen LogP contribution in [-0.4, -0.2) is 47.0 Å². The molecule has 1 saturated heterocycles. The van der Waals surface area contributed by atoms with Crippen molar-refractivity contribution in [1.82, 2.24) is 4.90 Å². The van der Waals surface area contributed by atoms with E-state index in [4.69, 9.17) is 26.2 Å². The summed E-state index contributed by atoms with van der Waals surface area (Å²) in [6.45, 7) is 0.00645. The third-order valence-corrected chi connectivity index (χ3v) is 6.22. The van der Waals surface area contributed by atoms with E-state index in [-0.39, 0.29) is 34.0 Å². The highest BCUT2D eigenvalue weighted by Gasteiger charge is 2.46. The van der Waals surface area contributed by atoms with Crippen molar-refractivity contribution >= 4 is 35.0 Å². The number of ketones is 1. The molecule has 1 atom stereocenters. The molecule has 36 heavy (non-hydrogen) atoms. The molecule has 1 fully saturated rings. The third-order valence-electron chi connectivity index (χ3n) is 5.93. The Morgan fingerprint density at radius 2 is 1.64 bits per heavy atom. The number of carbonyl (C=O) groups is 3. The smallest absolute Gasteiger partial charge is 0.335 e. The Morgan fingerprint density at radius 3 is 2.25 bits per heavy atom. The predicted octanol–water partition coefficient (Wildman–Crippen LogP) is 4.68. The van der Waals surface area contributed by atoms with E-state index in [2.05, 4.69) is 0 Å². The van der Waals surface area contributed by atoms with E-state index in [0.29, 0.717) is 22.6 Å². The number of carboxylic acids is 1. The number of aromatic carboxylic acids is 1. The number of nitrogens with zero attached hydrogens (tertiary/aromatic N) is 1. The van der Waals surface area contributed by atoms with E-state index >= 15 is 0 Å². The van der Waals surface area contributed by atoms with Crippen molar-refractivity contribution in [2.45, 2.75) is 12.6 Å². The van der Waals surface area contributed by atoms with Gasteiger partial charge in [-0.15, -0.1) is 0 Å². The fourth-order valence-corrected chi connectivity index (χ4v) is 4.38. The number of ether oxygens (including phenoxy) is 2. The minimum absolute atomic E-state index is 0.00645. The van der Waals surface area contributed by atoms with Gasteiger partial charge in [0.2, 0.25) is 0 Å². The molecule has 1 unspecified atom stereocenters. The Balaban J connectivity index is 1.84. The van der Waals surface area contributed by atoms with Gasteiger partial charge >= 0.3 is 5.97 Å². The quantitative estimate of drug-likeness (QED) is 0.271. The van der Waals surface area contributed by atoms with Crippen LogP contribution in [0.2, 0.25) is 5.02 Å². The van der Waals surface area contributed by atoms with Crippen molar-refractivity contribution in [3.05, 3.63) is 99.6 Å². The molecule has 1 aliphatic rings. The highest BCUT2D eigenvalue weighted by Crippen LogP contribution is 2.41. The molecular weight excluding hydrogens is 486 g/mol.